The van der Waals surface area contributed by atoms with Crippen LogP contribution in [0, 0.1) is 5.92 Å². The van der Waals surface area contributed by atoms with Crippen LogP contribution < -0.4 is 5.32 Å². The van der Waals surface area contributed by atoms with Crippen molar-refractivity contribution in [1.29, 1.82) is 0 Å². The summed E-state index contributed by atoms with van der Waals surface area (Å²) >= 11 is 1.58. The zero-order valence-corrected chi connectivity index (χ0v) is 8.46. The Morgan fingerprint density at radius 1 is 1.79 bits per heavy atom. The minimum atomic E-state index is -0.715. The second-order valence-electron chi connectivity index (χ2n) is 3.48. The summed E-state index contributed by atoms with van der Waals surface area (Å²) in [4.78, 5) is 15.8. The van der Waals surface area contributed by atoms with Crippen LogP contribution >= 0.6 is 11.3 Å². The second-order valence-corrected chi connectivity index (χ2v) is 4.40. The largest absolute Gasteiger partial charge is 0.481 e. The number of rotatable bonds is 3. The summed E-state index contributed by atoms with van der Waals surface area (Å²) in [7, 11) is 0. The van der Waals surface area contributed by atoms with Gasteiger partial charge < -0.3 is 10.4 Å². The first kappa shape index (κ1) is 9.61. The minimum Gasteiger partial charge on any atom is -0.481 e. The lowest BCUT2D eigenvalue weighted by Crippen LogP contribution is -2.18. The minimum absolute atomic E-state index is 0.193. The van der Waals surface area contributed by atoms with E-state index in [-0.39, 0.29) is 18.4 Å². The molecule has 0 spiro atoms. The van der Waals surface area contributed by atoms with E-state index in [0.717, 1.165) is 17.8 Å². The summed E-state index contributed by atoms with van der Waals surface area (Å²) in [5.41, 5.74) is 1.78. The van der Waals surface area contributed by atoms with E-state index >= 15 is 0 Å². The highest BCUT2D eigenvalue weighted by Gasteiger charge is 2.30. The molecule has 0 saturated carbocycles. The molecule has 1 aromatic heterocycles. The molecule has 76 valence electrons. The molecule has 1 saturated heterocycles. The number of thiazole rings is 1. The van der Waals surface area contributed by atoms with Crippen molar-refractivity contribution >= 4 is 17.3 Å². The summed E-state index contributed by atoms with van der Waals surface area (Å²) in [5, 5.41) is 12.1. The number of carboxylic acids is 1. The molecule has 1 aromatic rings. The molecule has 1 aliphatic heterocycles. The zero-order chi connectivity index (χ0) is 9.97. The van der Waals surface area contributed by atoms with Gasteiger partial charge in [-0.2, -0.15) is 0 Å². The molecule has 0 amide bonds. The Hall–Kier alpha value is -0.940. The number of aromatic nitrogens is 1. The Balaban J connectivity index is 2.07. The molecule has 2 heterocycles. The Morgan fingerprint density at radius 3 is 3.29 bits per heavy atom. The van der Waals surface area contributed by atoms with Crippen LogP contribution in [0.1, 0.15) is 23.8 Å². The van der Waals surface area contributed by atoms with Gasteiger partial charge in [0.2, 0.25) is 0 Å². The van der Waals surface area contributed by atoms with Gasteiger partial charge in [0.25, 0.3) is 0 Å². The van der Waals surface area contributed by atoms with E-state index in [9.17, 15) is 4.79 Å². The molecular formula is C9H12N2O2S. The highest BCUT2D eigenvalue weighted by atomic mass is 32.1. The average Bonchev–Trinajstić information content (AvgIpc) is 2.70. The Bertz CT molecular complexity index is 313. The van der Waals surface area contributed by atoms with Crippen LogP contribution in [-0.2, 0) is 4.79 Å². The van der Waals surface area contributed by atoms with Gasteiger partial charge in [-0.05, 0) is 18.9 Å². The van der Waals surface area contributed by atoms with Crippen LogP contribution in [0.3, 0.4) is 0 Å². The van der Waals surface area contributed by atoms with Crippen LogP contribution in [0.25, 0.3) is 0 Å². The molecule has 2 atom stereocenters. The van der Waals surface area contributed by atoms with Crippen molar-refractivity contribution in [2.24, 2.45) is 5.92 Å². The molecule has 14 heavy (non-hydrogen) atoms. The van der Waals surface area contributed by atoms with Crippen molar-refractivity contribution in [3.63, 3.8) is 0 Å². The molecule has 0 radical (unpaired) electrons. The fraction of sp³-hybridized carbons (Fsp3) is 0.556. The van der Waals surface area contributed by atoms with Gasteiger partial charge in [0.15, 0.2) is 0 Å². The maximum absolute atomic E-state index is 10.6. The first-order valence-corrected chi connectivity index (χ1v) is 5.49. The SMILES string of the molecule is O=C(O)C[C@H]1CCN[C@@H]1c1cncs1. The van der Waals surface area contributed by atoms with E-state index in [1.54, 1.807) is 16.8 Å². The van der Waals surface area contributed by atoms with E-state index < -0.39 is 5.97 Å². The third-order valence-corrected chi connectivity index (χ3v) is 3.40. The van der Waals surface area contributed by atoms with Gasteiger partial charge in [-0.3, -0.25) is 9.78 Å². The molecule has 0 bridgehead atoms. The van der Waals surface area contributed by atoms with Crippen molar-refractivity contribution in [2.75, 3.05) is 6.54 Å². The quantitative estimate of drug-likeness (QED) is 0.792. The van der Waals surface area contributed by atoms with Crippen LogP contribution in [0.15, 0.2) is 11.7 Å². The van der Waals surface area contributed by atoms with Gasteiger partial charge >= 0.3 is 5.97 Å². The summed E-state index contributed by atoms with van der Waals surface area (Å²) in [6, 6.07) is 0.193. The normalized spacial score (nSPS) is 26.6. The standard InChI is InChI=1S/C9H12N2O2S/c12-8(13)3-6-1-2-11-9(6)7-4-10-5-14-7/h4-6,9,11H,1-3H2,(H,12,13)/t6-,9+/m1/s1. The third kappa shape index (κ3) is 1.93. The van der Waals surface area contributed by atoms with E-state index in [1.807, 2.05) is 6.20 Å². The topological polar surface area (TPSA) is 62.2 Å². The van der Waals surface area contributed by atoms with Crippen molar-refractivity contribution < 1.29 is 9.90 Å². The average molecular weight is 212 g/mol. The maximum atomic E-state index is 10.6. The third-order valence-electron chi connectivity index (χ3n) is 2.55. The Labute approximate surface area is 86.0 Å². The summed E-state index contributed by atoms with van der Waals surface area (Å²) in [6.45, 7) is 0.903. The lowest BCUT2D eigenvalue weighted by Gasteiger charge is -2.15. The number of hydrogen-bond donors (Lipinski definition) is 2. The summed E-state index contributed by atoms with van der Waals surface area (Å²) < 4.78 is 0. The van der Waals surface area contributed by atoms with Crippen molar-refractivity contribution in [3.8, 4) is 0 Å². The van der Waals surface area contributed by atoms with Crippen LogP contribution in [0.5, 0.6) is 0 Å². The van der Waals surface area contributed by atoms with Gasteiger partial charge in [0, 0.05) is 17.1 Å². The Kier molecular flexibility index (Phi) is 2.79. The molecule has 1 fully saturated rings. The number of nitrogens with zero attached hydrogens (tertiary/aromatic N) is 1. The van der Waals surface area contributed by atoms with Gasteiger partial charge in [0.05, 0.1) is 11.9 Å². The molecule has 5 heteroatoms. The van der Waals surface area contributed by atoms with Crippen LogP contribution in [0.4, 0.5) is 0 Å². The van der Waals surface area contributed by atoms with Crippen molar-refractivity contribution in [1.82, 2.24) is 10.3 Å². The Morgan fingerprint density at radius 2 is 2.64 bits per heavy atom. The maximum Gasteiger partial charge on any atom is 0.303 e. The van der Waals surface area contributed by atoms with E-state index in [1.165, 1.54) is 0 Å². The smallest absolute Gasteiger partial charge is 0.303 e. The molecule has 0 aliphatic carbocycles. The van der Waals surface area contributed by atoms with Gasteiger partial charge in [0.1, 0.15) is 0 Å². The predicted octanol–water partition coefficient (Wildman–Crippen LogP) is 1.27. The molecule has 0 unspecified atom stereocenters. The highest BCUT2D eigenvalue weighted by Crippen LogP contribution is 2.33. The van der Waals surface area contributed by atoms with Crippen molar-refractivity contribution in [2.45, 2.75) is 18.9 Å². The second kappa shape index (κ2) is 4.06. The summed E-state index contributed by atoms with van der Waals surface area (Å²) in [6.07, 6.45) is 3.01. The van der Waals surface area contributed by atoms with Crippen LogP contribution in [-0.4, -0.2) is 22.6 Å². The molecular weight excluding hydrogens is 200 g/mol. The monoisotopic (exact) mass is 212 g/mol. The summed E-state index contributed by atoms with van der Waals surface area (Å²) in [5.74, 6) is -0.499. The molecule has 2 rings (SSSR count). The number of carbonyl (C=O) groups is 1. The fourth-order valence-electron chi connectivity index (χ4n) is 1.91. The lowest BCUT2D eigenvalue weighted by molar-refractivity contribution is -0.138. The highest BCUT2D eigenvalue weighted by molar-refractivity contribution is 7.09. The molecule has 4 nitrogen and oxygen atoms in total. The molecule has 2 N–H and O–H groups in total. The van der Waals surface area contributed by atoms with Crippen molar-refractivity contribution in [3.05, 3.63) is 16.6 Å². The fourth-order valence-corrected chi connectivity index (χ4v) is 2.70. The molecule has 0 aromatic carbocycles. The van der Waals surface area contributed by atoms with Gasteiger partial charge in [-0.1, -0.05) is 0 Å². The van der Waals surface area contributed by atoms with Gasteiger partial charge in [-0.25, -0.2) is 0 Å². The lowest BCUT2D eigenvalue weighted by atomic mass is 9.96. The predicted molar refractivity (Wildman–Crippen MR) is 53.2 cm³/mol. The van der Waals surface area contributed by atoms with E-state index in [0.29, 0.717) is 0 Å². The number of aliphatic carboxylic acids is 1. The number of hydrogen-bond acceptors (Lipinski definition) is 4. The first-order valence-electron chi connectivity index (χ1n) is 4.61. The van der Waals surface area contributed by atoms with Gasteiger partial charge in [-0.15, -0.1) is 11.3 Å². The molecule has 1 aliphatic rings. The van der Waals surface area contributed by atoms with E-state index in [2.05, 4.69) is 10.3 Å². The zero-order valence-electron chi connectivity index (χ0n) is 7.64. The number of carboxylic acid groups (broad SMARTS) is 1. The first-order chi connectivity index (χ1) is 6.77. The van der Waals surface area contributed by atoms with Crippen LogP contribution in [0.2, 0.25) is 0 Å². The number of nitrogens with one attached hydrogen (secondary N) is 1. The van der Waals surface area contributed by atoms with E-state index in [4.69, 9.17) is 5.11 Å².